The van der Waals surface area contributed by atoms with E-state index in [0.29, 0.717) is 5.56 Å². The number of aromatic hydroxyl groups is 2. The summed E-state index contributed by atoms with van der Waals surface area (Å²) in [6.45, 7) is -0.590. The fraction of sp³-hybridized carbons (Fsp3) is 0.421. The van der Waals surface area contributed by atoms with Gasteiger partial charge in [0.25, 0.3) is 0 Å². The van der Waals surface area contributed by atoms with Gasteiger partial charge < -0.3 is 42.1 Å². The van der Waals surface area contributed by atoms with Gasteiger partial charge in [-0.05, 0) is 24.1 Å². The molecule has 0 unspecified atom stereocenters. The molecule has 0 saturated carbocycles. The molecule has 0 fully saturated rings. The Morgan fingerprint density at radius 2 is 1.58 bits per heavy atom. The van der Waals surface area contributed by atoms with E-state index in [2.05, 4.69) is 28.6 Å². The maximum absolute atomic E-state index is 12.2. The van der Waals surface area contributed by atoms with Gasteiger partial charge in [-0.2, -0.15) is 12.6 Å². The Morgan fingerprint density at radius 3 is 2.12 bits per heavy atom. The molecule has 0 aromatic heterocycles. The number of phenols is 2. The molecular formula is C19H26N4O9S. The van der Waals surface area contributed by atoms with Crippen molar-refractivity contribution in [1.82, 2.24) is 16.0 Å². The van der Waals surface area contributed by atoms with Crippen LogP contribution in [0.15, 0.2) is 18.2 Å². The zero-order chi connectivity index (χ0) is 25.1. The molecule has 3 amide bonds. The monoisotopic (exact) mass is 486 g/mol. The number of carbonyl (C=O) groups excluding carboxylic acids is 3. The normalized spacial score (nSPS) is 13.3. The number of hydrogen-bond donors (Lipinski definition) is 9. The summed E-state index contributed by atoms with van der Waals surface area (Å²) in [6.07, 6.45) is -0.574. The van der Waals surface area contributed by atoms with E-state index in [1.807, 2.05) is 0 Å². The first-order valence-corrected chi connectivity index (χ1v) is 10.3. The number of aliphatic carboxylic acids is 2. The molecule has 0 aliphatic heterocycles. The summed E-state index contributed by atoms with van der Waals surface area (Å²) >= 11 is 3.96. The molecule has 14 heteroatoms. The van der Waals surface area contributed by atoms with E-state index < -0.39 is 60.1 Å². The summed E-state index contributed by atoms with van der Waals surface area (Å²) in [6, 6.07) is -0.0185. The average molecular weight is 487 g/mol. The first-order valence-electron chi connectivity index (χ1n) is 9.63. The Labute approximate surface area is 193 Å². The maximum Gasteiger partial charge on any atom is 0.326 e. The molecule has 0 saturated heterocycles. The Hall–Kier alpha value is -3.52. The highest BCUT2D eigenvalue weighted by Crippen LogP contribution is 2.25. The highest BCUT2D eigenvalue weighted by Gasteiger charge is 2.24. The van der Waals surface area contributed by atoms with Gasteiger partial charge in [-0.1, -0.05) is 6.07 Å². The van der Waals surface area contributed by atoms with Crippen LogP contribution in [0, 0.1) is 0 Å². The maximum atomic E-state index is 12.2. The summed E-state index contributed by atoms with van der Waals surface area (Å²) in [5, 5.41) is 43.6. The lowest BCUT2D eigenvalue weighted by Gasteiger charge is -2.18. The SMILES string of the molecule is N[C@@H](CCC(=O)N[C@@H](CS)C(=O)NCC(=O)N[C@H](Cc1ccc(O)c(O)c1)C(=O)O)C(=O)O. The quantitative estimate of drug-likeness (QED) is 0.109. The van der Waals surface area contributed by atoms with Crippen LogP contribution in [-0.2, 0) is 30.4 Å². The predicted molar refractivity (Wildman–Crippen MR) is 117 cm³/mol. The Bertz CT molecular complexity index is 896. The van der Waals surface area contributed by atoms with E-state index in [4.69, 9.17) is 10.8 Å². The Kier molecular flexibility index (Phi) is 10.9. The number of nitrogens with two attached hydrogens (primary N) is 1. The van der Waals surface area contributed by atoms with Crippen molar-refractivity contribution in [2.75, 3.05) is 12.3 Å². The molecule has 182 valence electrons. The Balaban J connectivity index is 2.56. The van der Waals surface area contributed by atoms with Crippen LogP contribution in [0.1, 0.15) is 18.4 Å². The Morgan fingerprint density at radius 1 is 0.939 bits per heavy atom. The lowest BCUT2D eigenvalue weighted by Crippen LogP contribution is -2.51. The van der Waals surface area contributed by atoms with Crippen molar-refractivity contribution in [3.05, 3.63) is 23.8 Å². The highest BCUT2D eigenvalue weighted by atomic mass is 32.1. The lowest BCUT2D eigenvalue weighted by atomic mass is 10.1. The van der Waals surface area contributed by atoms with Crippen LogP contribution < -0.4 is 21.7 Å². The molecule has 1 rings (SSSR count). The molecule has 13 nitrogen and oxygen atoms in total. The van der Waals surface area contributed by atoms with Gasteiger partial charge in [-0.25, -0.2) is 4.79 Å². The number of phenolic OH excluding ortho intramolecular Hbond substituents is 2. The summed E-state index contributed by atoms with van der Waals surface area (Å²) in [5.74, 6) is -5.78. The second-order valence-electron chi connectivity index (χ2n) is 6.99. The number of benzene rings is 1. The number of amides is 3. The van der Waals surface area contributed by atoms with Gasteiger partial charge in [0.1, 0.15) is 18.1 Å². The van der Waals surface area contributed by atoms with Gasteiger partial charge >= 0.3 is 11.9 Å². The van der Waals surface area contributed by atoms with Crippen LogP contribution in [-0.4, -0.2) is 80.5 Å². The van der Waals surface area contributed by atoms with Crippen LogP contribution in [0.4, 0.5) is 0 Å². The van der Waals surface area contributed by atoms with Gasteiger partial charge in [-0.3, -0.25) is 19.2 Å². The molecule has 33 heavy (non-hydrogen) atoms. The number of thiol groups is 1. The topological polar surface area (TPSA) is 228 Å². The zero-order valence-electron chi connectivity index (χ0n) is 17.4. The van der Waals surface area contributed by atoms with Crippen LogP contribution in [0.2, 0.25) is 0 Å². The largest absolute Gasteiger partial charge is 0.504 e. The molecule has 0 bridgehead atoms. The van der Waals surface area contributed by atoms with Crippen molar-refractivity contribution in [2.45, 2.75) is 37.4 Å². The van der Waals surface area contributed by atoms with Crippen molar-refractivity contribution in [3.63, 3.8) is 0 Å². The third kappa shape index (κ3) is 9.65. The van der Waals surface area contributed by atoms with E-state index in [9.17, 15) is 39.3 Å². The number of carbonyl (C=O) groups is 5. The van der Waals surface area contributed by atoms with Gasteiger partial charge in [0.2, 0.25) is 17.7 Å². The minimum Gasteiger partial charge on any atom is -0.504 e. The van der Waals surface area contributed by atoms with Crippen LogP contribution >= 0.6 is 12.6 Å². The van der Waals surface area contributed by atoms with E-state index >= 15 is 0 Å². The smallest absolute Gasteiger partial charge is 0.326 e. The van der Waals surface area contributed by atoms with Crippen LogP contribution in [0.3, 0.4) is 0 Å². The summed E-state index contributed by atoms with van der Waals surface area (Å²) < 4.78 is 0. The van der Waals surface area contributed by atoms with E-state index in [0.717, 1.165) is 6.07 Å². The summed E-state index contributed by atoms with van der Waals surface area (Å²) in [5.41, 5.74) is 5.64. The van der Waals surface area contributed by atoms with Gasteiger partial charge in [0.15, 0.2) is 11.5 Å². The third-order valence-electron chi connectivity index (χ3n) is 4.37. The summed E-state index contributed by atoms with van der Waals surface area (Å²) in [7, 11) is 0. The molecule has 9 N–H and O–H groups in total. The van der Waals surface area contributed by atoms with Gasteiger partial charge in [0, 0.05) is 18.6 Å². The fourth-order valence-corrected chi connectivity index (χ4v) is 2.80. The highest BCUT2D eigenvalue weighted by molar-refractivity contribution is 7.80. The van der Waals surface area contributed by atoms with Gasteiger partial charge in [0.05, 0.1) is 6.54 Å². The second-order valence-corrected chi connectivity index (χ2v) is 7.35. The van der Waals surface area contributed by atoms with Crippen molar-refractivity contribution < 1.29 is 44.4 Å². The van der Waals surface area contributed by atoms with Crippen LogP contribution in [0.25, 0.3) is 0 Å². The minimum atomic E-state index is -1.38. The second kappa shape index (κ2) is 13.1. The van der Waals surface area contributed by atoms with Crippen LogP contribution in [0.5, 0.6) is 11.5 Å². The minimum absolute atomic E-state index is 0.119. The molecule has 0 aliphatic carbocycles. The summed E-state index contributed by atoms with van der Waals surface area (Å²) in [4.78, 5) is 58.3. The molecule has 1 aromatic carbocycles. The molecule has 0 heterocycles. The van der Waals surface area contributed by atoms with Crippen molar-refractivity contribution in [3.8, 4) is 11.5 Å². The van der Waals surface area contributed by atoms with Crippen molar-refractivity contribution in [1.29, 1.82) is 0 Å². The molecule has 0 aliphatic rings. The molecular weight excluding hydrogens is 460 g/mol. The number of rotatable bonds is 13. The third-order valence-corrected chi connectivity index (χ3v) is 4.74. The molecule has 0 spiro atoms. The number of carboxylic acid groups (broad SMARTS) is 2. The molecule has 3 atom stereocenters. The zero-order valence-corrected chi connectivity index (χ0v) is 18.2. The molecule has 0 radical (unpaired) electrons. The number of hydrogen-bond acceptors (Lipinski definition) is 9. The van der Waals surface area contributed by atoms with Crippen molar-refractivity contribution >= 4 is 42.3 Å². The average Bonchev–Trinajstić information content (AvgIpc) is 2.75. The standard InChI is InChI=1S/C19H26N4O9S/c20-10(18(29)30)2-4-15(26)23-12(8-33)17(28)21-7-16(27)22-11(19(31)32)5-9-1-3-13(24)14(25)6-9/h1,3,6,10-12,24-25,33H,2,4-5,7-8,20H2,(H,21,28)(H,22,27)(H,23,26)(H,29,30)(H,31,32)/t10-,11+,12-/m0/s1. The van der Waals surface area contributed by atoms with Crippen molar-refractivity contribution in [2.24, 2.45) is 5.73 Å². The fourth-order valence-electron chi connectivity index (χ4n) is 2.54. The van der Waals surface area contributed by atoms with Gasteiger partial charge in [-0.15, -0.1) is 0 Å². The lowest BCUT2D eigenvalue weighted by molar-refractivity contribution is -0.142. The van der Waals surface area contributed by atoms with E-state index in [1.54, 1.807) is 0 Å². The number of nitrogens with one attached hydrogen (secondary N) is 3. The molecule has 1 aromatic rings. The number of carboxylic acids is 2. The predicted octanol–water partition coefficient (Wildman–Crippen LogP) is -2.07. The first kappa shape index (κ1) is 27.5. The van der Waals surface area contributed by atoms with E-state index in [-0.39, 0.29) is 30.8 Å². The van der Waals surface area contributed by atoms with E-state index in [1.165, 1.54) is 12.1 Å². The first-order chi connectivity index (χ1) is 15.4.